The molecule has 0 N–H and O–H groups in total. The van der Waals surface area contributed by atoms with Crippen LogP contribution in [-0.2, 0) is 35.6 Å². The van der Waals surface area contributed by atoms with Gasteiger partial charge in [-0.3, -0.25) is 9.59 Å². The normalized spacial score (nSPS) is 20.2. The molecule has 2 aromatic heterocycles. The van der Waals surface area contributed by atoms with E-state index in [1.54, 1.807) is 22.1 Å². The Morgan fingerprint density at radius 2 is 2.24 bits per heavy atom. The fourth-order valence-electron chi connectivity index (χ4n) is 3.61. The minimum Gasteiger partial charge on any atom is -0.467 e. The molecule has 4 rings (SSSR count). The quantitative estimate of drug-likeness (QED) is 0.821. The molecule has 0 aromatic carbocycles. The number of hydrogen-bond donors (Lipinski definition) is 0. The van der Waals surface area contributed by atoms with Crippen molar-refractivity contribution in [3.05, 3.63) is 35.8 Å². The van der Waals surface area contributed by atoms with Crippen LogP contribution in [0.2, 0.25) is 0 Å². The number of rotatable bonds is 4. The summed E-state index contributed by atoms with van der Waals surface area (Å²) in [5, 5.41) is 8.37. The zero-order chi connectivity index (χ0) is 17.4. The molecule has 132 valence electrons. The fourth-order valence-corrected chi connectivity index (χ4v) is 3.61. The Morgan fingerprint density at radius 3 is 3.00 bits per heavy atom. The largest absolute Gasteiger partial charge is 0.467 e. The average Bonchev–Trinajstić information content (AvgIpc) is 3.35. The molecule has 0 radical (unpaired) electrons. The number of aryl methyl sites for hydroxylation is 1. The predicted molar refractivity (Wildman–Crippen MR) is 87.0 cm³/mol. The summed E-state index contributed by atoms with van der Waals surface area (Å²) < 4.78 is 7.39. The molecule has 1 atom stereocenters. The molecule has 4 heterocycles. The standard InChI is InChI=1S/C17H21N5O3/c1-2-14-18-19-15-11-20(5-6-22(14)15)17(24)12-8-16(23)21(9-12)10-13-4-3-7-25-13/h3-4,7,12H,2,5-6,8-11H2,1H3. The van der Waals surface area contributed by atoms with Crippen LogP contribution < -0.4 is 0 Å². The Bertz CT molecular complexity index is 782. The molecule has 0 bridgehead atoms. The number of furan rings is 1. The molecule has 1 unspecified atom stereocenters. The summed E-state index contributed by atoms with van der Waals surface area (Å²) >= 11 is 0. The molecule has 25 heavy (non-hydrogen) atoms. The zero-order valence-electron chi connectivity index (χ0n) is 14.2. The first-order valence-corrected chi connectivity index (χ1v) is 8.65. The van der Waals surface area contributed by atoms with Crippen LogP contribution in [0, 0.1) is 5.92 Å². The Labute approximate surface area is 145 Å². The number of hydrogen-bond acceptors (Lipinski definition) is 5. The molecular weight excluding hydrogens is 322 g/mol. The lowest BCUT2D eigenvalue weighted by Gasteiger charge is -2.29. The van der Waals surface area contributed by atoms with E-state index in [4.69, 9.17) is 4.42 Å². The number of nitrogens with zero attached hydrogens (tertiary/aromatic N) is 5. The Kier molecular flexibility index (Phi) is 4.03. The van der Waals surface area contributed by atoms with Crippen molar-refractivity contribution in [1.82, 2.24) is 24.6 Å². The predicted octanol–water partition coefficient (Wildman–Crippen LogP) is 0.824. The Hall–Kier alpha value is -2.64. The third-order valence-corrected chi connectivity index (χ3v) is 4.95. The maximum Gasteiger partial charge on any atom is 0.228 e. The van der Waals surface area contributed by atoms with E-state index in [0.29, 0.717) is 32.7 Å². The van der Waals surface area contributed by atoms with Gasteiger partial charge < -0.3 is 18.8 Å². The van der Waals surface area contributed by atoms with Crippen LogP contribution in [0.25, 0.3) is 0 Å². The summed E-state index contributed by atoms with van der Waals surface area (Å²) in [5.41, 5.74) is 0. The third-order valence-electron chi connectivity index (χ3n) is 4.95. The lowest BCUT2D eigenvalue weighted by atomic mass is 10.1. The van der Waals surface area contributed by atoms with Crippen molar-refractivity contribution in [2.75, 3.05) is 13.1 Å². The van der Waals surface area contributed by atoms with Gasteiger partial charge in [0.1, 0.15) is 11.6 Å². The van der Waals surface area contributed by atoms with E-state index in [9.17, 15) is 9.59 Å². The second kappa shape index (κ2) is 6.34. The van der Waals surface area contributed by atoms with Crippen LogP contribution in [-0.4, -0.2) is 49.5 Å². The lowest BCUT2D eigenvalue weighted by molar-refractivity contribution is -0.137. The summed E-state index contributed by atoms with van der Waals surface area (Å²) in [6.45, 7) is 4.74. The third kappa shape index (κ3) is 2.92. The van der Waals surface area contributed by atoms with Crippen LogP contribution in [0.3, 0.4) is 0 Å². The molecule has 2 amide bonds. The lowest BCUT2D eigenvalue weighted by Crippen LogP contribution is -2.42. The summed E-state index contributed by atoms with van der Waals surface area (Å²) in [6.07, 6.45) is 2.69. The highest BCUT2D eigenvalue weighted by Gasteiger charge is 2.38. The van der Waals surface area contributed by atoms with Gasteiger partial charge in [-0.25, -0.2) is 0 Å². The molecular formula is C17H21N5O3. The smallest absolute Gasteiger partial charge is 0.228 e. The maximum atomic E-state index is 12.8. The topological polar surface area (TPSA) is 84.5 Å². The van der Waals surface area contributed by atoms with Crippen LogP contribution in [0.15, 0.2) is 22.8 Å². The molecule has 8 nitrogen and oxygen atoms in total. The van der Waals surface area contributed by atoms with Crippen molar-refractivity contribution in [1.29, 1.82) is 0 Å². The van der Waals surface area contributed by atoms with Gasteiger partial charge in [0.05, 0.1) is 25.3 Å². The summed E-state index contributed by atoms with van der Waals surface area (Å²) in [7, 11) is 0. The van der Waals surface area contributed by atoms with Crippen molar-refractivity contribution in [2.24, 2.45) is 5.92 Å². The monoisotopic (exact) mass is 343 g/mol. The molecule has 0 aliphatic carbocycles. The Balaban J connectivity index is 1.41. The van der Waals surface area contributed by atoms with Gasteiger partial charge in [-0.2, -0.15) is 0 Å². The van der Waals surface area contributed by atoms with Gasteiger partial charge in [-0.15, -0.1) is 10.2 Å². The molecule has 1 saturated heterocycles. The zero-order valence-corrected chi connectivity index (χ0v) is 14.2. The highest BCUT2D eigenvalue weighted by atomic mass is 16.3. The first kappa shape index (κ1) is 15.9. The highest BCUT2D eigenvalue weighted by Crippen LogP contribution is 2.24. The maximum absolute atomic E-state index is 12.8. The number of carbonyl (C=O) groups excluding carboxylic acids is 2. The summed E-state index contributed by atoms with van der Waals surface area (Å²) in [4.78, 5) is 28.6. The van der Waals surface area contributed by atoms with Gasteiger partial charge in [0.2, 0.25) is 11.8 Å². The van der Waals surface area contributed by atoms with E-state index < -0.39 is 0 Å². The van der Waals surface area contributed by atoms with E-state index in [1.165, 1.54) is 0 Å². The van der Waals surface area contributed by atoms with E-state index in [2.05, 4.69) is 14.8 Å². The van der Waals surface area contributed by atoms with Crippen molar-refractivity contribution in [3.8, 4) is 0 Å². The molecule has 2 aliphatic rings. The number of aromatic nitrogens is 3. The number of amides is 2. The van der Waals surface area contributed by atoms with E-state index in [1.807, 2.05) is 13.0 Å². The first-order chi connectivity index (χ1) is 12.2. The average molecular weight is 343 g/mol. The van der Waals surface area contributed by atoms with Gasteiger partial charge in [-0.1, -0.05) is 6.92 Å². The van der Waals surface area contributed by atoms with Crippen LogP contribution >= 0.6 is 0 Å². The second-order valence-electron chi connectivity index (χ2n) is 6.55. The molecule has 0 saturated carbocycles. The van der Waals surface area contributed by atoms with E-state index in [-0.39, 0.29) is 24.2 Å². The SMILES string of the molecule is CCc1nnc2n1CCN(C(=O)C1CC(=O)N(Cc3ccco3)C1)C2. The fraction of sp³-hybridized carbons (Fsp3) is 0.529. The summed E-state index contributed by atoms with van der Waals surface area (Å²) in [6, 6.07) is 3.64. The molecule has 2 aromatic rings. The van der Waals surface area contributed by atoms with Crippen molar-refractivity contribution in [2.45, 2.75) is 39.4 Å². The van der Waals surface area contributed by atoms with Gasteiger partial charge in [-0.05, 0) is 12.1 Å². The van der Waals surface area contributed by atoms with Gasteiger partial charge in [0.25, 0.3) is 0 Å². The molecule has 1 fully saturated rings. The van der Waals surface area contributed by atoms with E-state index in [0.717, 1.165) is 23.8 Å². The minimum atomic E-state index is -0.289. The molecule has 8 heteroatoms. The van der Waals surface area contributed by atoms with Gasteiger partial charge >= 0.3 is 0 Å². The van der Waals surface area contributed by atoms with E-state index >= 15 is 0 Å². The summed E-state index contributed by atoms with van der Waals surface area (Å²) in [5.74, 6) is 2.27. The minimum absolute atomic E-state index is 0.00296. The number of fused-ring (bicyclic) bond motifs is 1. The molecule has 0 spiro atoms. The number of carbonyl (C=O) groups is 2. The van der Waals surface area contributed by atoms with Crippen LogP contribution in [0.5, 0.6) is 0 Å². The van der Waals surface area contributed by atoms with Crippen molar-refractivity contribution >= 4 is 11.8 Å². The number of likely N-dealkylation sites (tertiary alicyclic amines) is 1. The molecule has 2 aliphatic heterocycles. The van der Waals surface area contributed by atoms with Crippen LogP contribution in [0.4, 0.5) is 0 Å². The van der Waals surface area contributed by atoms with Crippen molar-refractivity contribution < 1.29 is 14.0 Å². The van der Waals surface area contributed by atoms with Gasteiger partial charge in [0.15, 0.2) is 5.82 Å². The van der Waals surface area contributed by atoms with Crippen molar-refractivity contribution in [3.63, 3.8) is 0 Å². The Morgan fingerprint density at radius 1 is 1.36 bits per heavy atom. The van der Waals surface area contributed by atoms with Gasteiger partial charge in [0, 0.05) is 32.5 Å². The first-order valence-electron chi connectivity index (χ1n) is 8.65. The highest BCUT2D eigenvalue weighted by molar-refractivity contribution is 5.89. The van der Waals surface area contributed by atoms with Crippen LogP contribution in [0.1, 0.15) is 30.8 Å². The second-order valence-corrected chi connectivity index (χ2v) is 6.55.